The molecule has 1 atom stereocenters. The smallest absolute Gasteiger partial charge is 0.270 e. The number of hydrogen-bond donors (Lipinski definition) is 7. The minimum Gasteiger partial charge on any atom is -0.497 e. The van der Waals surface area contributed by atoms with Gasteiger partial charge in [-0.3, -0.25) is 9.59 Å². The van der Waals surface area contributed by atoms with Crippen LogP contribution in [-0.2, 0) is 14.3 Å². The van der Waals surface area contributed by atoms with Gasteiger partial charge in [-0.15, -0.1) is 19.2 Å². The average molecular weight is 750 g/mol. The fourth-order valence-electron chi connectivity index (χ4n) is 3.46. The molecule has 12 nitrogen and oxygen atoms in total. The largest absolute Gasteiger partial charge is 0.497 e. The van der Waals surface area contributed by atoms with E-state index < -0.39 is 17.9 Å². The Kier molecular flexibility index (Phi) is 43.9. The van der Waals surface area contributed by atoms with Gasteiger partial charge in [0.25, 0.3) is 5.91 Å². The van der Waals surface area contributed by atoms with E-state index in [0.29, 0.717) is 31.3 Å². The summed E-state index contributed by atoms with van der Waals surface area (Å²) in [5.74, 6) is -0.0425. The number of para-hydroxylation sites is 1. The topological polar surface area (TPSA) is 199 Å². The lowest BCUT2D eigenvalue weighted by Crippen LogP contribution is -2.47. The van der Waals surface area contributed by atoms with Crippen molar-refractivity contribution >= 4 is 41.6 Å². The summed E-state index contributed by atoms with van der Waals surface area (Å²) in [6.45, 7) is 15.9. The van der Waals surface area contributed by atoms with E-state index in [1.807, 2.05) is 76.2 Å². The Bertz CT molecular complexity index is 1260. The Morgan fingerprint density at radius 2 is 1.60 bits per heavy atom. The molecule has 0 bridgehead atoms. The second kappa shape index (κ2) is 41.6. The van der Waals surface area contributed by atoms with Crippen LogP contribution in [0.3, 0.4) is 0 Å². The molecule has 0 radical (unpaired) electrons. The van der Waals surface area contributed by atoms with Crippen molar-refractivity contribution in [2.45, 2.75) is 83.8 Å². The summed E-state index contributed by atoms with van der Waals surface area (Å²) in [7, 11) is 4.15. The predicted octanol–water partition coefficient (Wildman–Crippen LogP) is 5.35. The van der Waals surface area contributed by atoms with Crippen molar-refractivity contribution in [3.8, 4) is 5.75 Å². The number of methoxy groups -OCH3 is 1. The SMILES string of the molecule is C=CCC.CC.CC.CN.CO.COc1ccc(S)cc1.NCCCNC(=O)[C@H](CC=O)NC(=O)c1ccc2ccccc2n1.OC1CCOCC1. The summed E-state index contributed by atoms with van der Waals surface area (Å²) in [4.78, 5) is 40.4. The van der Waals surface area contributed by atoms with Gasteiger partial charge in [0, 0.05) is 43.6 Å². The van der Waals surface area contributed by atoms with Crippen LogP contribution in [0.5, 0.6) is 5.75 Å². The van der Waals surface area contributed by atoms with Gasteiger partial charge in [-0.05, 0) is 75.7 Å². The number of nitrogens with one attached hydrogen (secondary N) is 2. The Morgan fingerprint density at radius 3 is 2.06 bits per heavy atom. The Labute approximate surface area is 318 Å². The quantitative estimate of drug-likeness (QED) is 0.0614. The number of rotatable bonds is 10. The van der Waals surface area contributed by atoms with Crippen LogP contribution >= 0.6 is 12.6 Å². The third kappa shape index (κ3) is 28.8. The molecule has 4 rings (SSSR count). The molecule has 2 heterocycles. The summed E-state index contributed by atoms with van der Waals surface area (Å²) in [5.41, 5.74) is 10.7. The number of amides is 2. The number of aldehydes is 1. The number of aromatic nitrogens is 1. The van der Waals surface area contributed by atoms with E-state index in [1.54, 1.807) is 25.3 Å². The van der Waals surface area contributed by atoms with Crippen molar-refractivity contribution in [2.24, 2.45) is 11.5 Å². The number of allylic oxidation sites excluding steroid dienone is 1. The number of carbonyl (C=O) groups excluding carboxylic acids is 3. The second-order valence-corrected chi connectivity index (χ2v) is 10.0. The highest BCUT2D eigenvalue weighted by Gasteiger charge is 2.21. The van der Waals surface area contributed by atoms with Gasteiger partial charge >= 0.3 is 0 Å². The first-order chi connectivity index (χ1) is 25.3. The zero-order chi connectivity index (χ0) is 40.6. The fraction of sp³-hybridized carbons (Fsp3) is 0.487. The maximum absolute atomic E-state index is 12.3. The van der Waals surface area contributed by atoms with Crippen molar-refractivity contribution < 1.29 is 34.1 Å². The maximum Gasteiger partial charge on any atom is 0.270 e. The van der Waals surface area contributed by atoms with Crippen molar-refractivity contribution in [1.29, 1.82) is 0 Å². The number of ether oxygens (including phenoxy) is 2. The van der Waals surface area contributed by atoms with Crippen LogP contribution in [0.25, 0.3) is 10.9 Å². The summed E-state index contributed by atoms with van der Waals surface area (Å²) in [6.07, 6.45) is 5.63. The van der Waals surface area contributed by atoms with Crippen LogP contribution in [0.2, 0.25) is 0 Å². The second-order valence-electron chi connectivity index (χ2n) is 9.49. The lowest BCUT2D eigenvalue weighted by molar-refractivity contribution is -0.124. The molecule has 0 spiro atoms. The molecule has 13 heteroatoms. The molecule has 1 fully saturated rings. The summed E-state index contributed by atoms with van der Waals surface area (Å²) in [5, 5.41) is 21.9. The first-order valence-corrected chi connectivity index (χ1v) is 18.0. The summed E-state index contributed by atoms with van der Waals surface area (Å²) < 4.78 is 9.92. The molecule has 296 valence electrons. The monoisotopic (exact) mass is 749 g/mol. The van der Waals surface area contributed by atoms with Crippen LogP contribution in [-0.4, -0.2) is 93.0 Å². The minimum atomic E-state index is -0.930. The van der Waals surface area contributed by atoms with Crippen molar-refractivity contribution in [3.63, 3.8) is 0 Å². The van der Waals surface area contributed by atoms with Gasteiger partial charge in [-0.1, -0.05) is 65.0 Å². The number of benzene rings is 2. The number of aliphatic hydroxyl groups is 2. The van der Waals surface area contributed by atoms with Crippen LogP contribution in [0.1, 0.15) is 77.2 Å². The average Bonchev–Trinajstić information content (AvgIpc) is 3.21. The van der Waals surface area contributed by atoms with Gasteiger partial charge < -0.3 is 46.6 Å². The third-order valence-corrected chi connectivity index (χ3v) is 6.31. The molecule has 3 aromatic rings. The molecule has 1 aromatic heterocycles. The molecular weight excluding hydrogens is 683 g/mol. The molecule has 2 amide bonds. The van der Waals surface area contributed by atoms with E-state index >= 15 is 0 Å². The highest BCUT2D eigenvalue weighted by molar-refractivity contribution is 7.80. The van der Waals surface area contributed by atoms with E-state index in [4.69, 9.17) is 25.4 Å². The molecule has 2 aromatic carbocycles. The van der Waals surface area contributed by atoms with Crippen LogP contribution < -0.4 is 26.8 Å². The Hall–Kier alpha value is -3.85. The third-order valence-electron chi connectivity index (χ3n) is 6.02. The molecule has 1 aliphatic heterocycles. The standard InChI is InChI=1S/C17H20N4O3.C7H8OS.C5H10O2.C4H8.2C2H6.CH5N.CH4O/c18-9-3-10-19-16(23)15(8-11-22)21-17(24)14-7-6-12-4-1-2-5-13(12)20-14;1-8-6-2-4-7(9)5-3-6;6-5-1-3-7-4-2-5;1-3-4-2;4*1-2/h1-2,4-7,11,15H,3,8-10,18H2,(H,19,23)(H,21,24);2-5,9H,1H3;5-6H,1-4H2;3H,1,4H2,2H3;2*1-2H3;2H2,1H3;2H,1H3/t15-;;;;;;;/m0......./s1. The van der Waals surface area contributed by atoms with E-state index in [2.05, 4.69) is 47.5 Å². The zero-order valence-corrected chi connectivity index (χ0v) is 33.5. The number of fused-ring (bicyclic) bond motifs is 1. The molecule has 1 saturated heterocycles. The Morgan fingerprint density at radius 1 is 1.04 bits per heavy atom. The van der Waals surface area contributed by atoms with Gasteiger partial charge in [0.05, 0.1) is 18.7 Å². The molecule has 8 N–H and O–H groups in total. The van der Waals surface area contributed by atoms with E-state index in [9.17, 15) is 14.4 Å². The number of aliphatic hydroxyl groups excluding tert-OH is 2. The molecule has 0 saturated carbocycles. The van der Waals surface area contributed by atoms with E-state index in [0.717, 1.165) is 55.6 Å². The number of nitrogens with two attached hydrogens (primary N) is 2. The van der Waals surface area contributed by atoms with Crippen molar-refractivity contribution in [2.75, 3.05) is 47.6 Å². The van der Waals surface area contributed by atoms with Crippen LogP contribution in [0.15, 0.2) is 78.2 Å². The normalized spacial score (nSPS) is 11.3. The first kappa shape index (κ1) is 54.9. The number of carbonyl (C=O) groups is 3. The van der Waals surface area contributed by atoms with Gasteiger partial charge in [0.15, 0.2) is 0 Å². The maximum atomic E-state index is 12.3. The summed E-state index contributed by atoms with van der Waals surface area (Å²) in [6, 6.07) is 17.4. The van der Waals surface area contributed by atoms with Crippen molar-refractivity contribution in [1.82, 2.24) is 15.6 Å². The highest BCUT2D eigenvalue weighted by Crippen LogP contribution is 2.13. The number of pyridine rings is 1. The molecular formula is C39H67N5O7S. The number of nitrogens with zero attached hydrogens (tertiary/aromatic N) is 1. The van der Waals surface area contributed by atoms with Crippen molar-refractivity contribution in [3.05, 3.63) is 79.0 Å². The van der Waals surface area contributed by atoms with E-state index in [-0.39, 0.29) is 18.2 Å². The molecule has 0 unspecified atom stereocenters. The highest BCUT2D eigenvalue weighted by atomic mass is 32.1. The van der Waals surface area contributed by atoms with E-state index in [1.165, 1.54) is 7.05 Å². The van der Waals surface area contributed by atoms with Gasteiger partial charge in [-0.25, -0.2) is 4.98 Å². The van der Waals surface area contributed by atoms with Gasteiger partial charge in [0.2, 0.25) is 5.91 Å². The van der Waals surface area contributed by atoms with Gasteiger partial charge in [0.1, 0.15) is 23.8 Å². The summed E-state index contributed by atoms with van der Waals surface area (Å²) >= 11 is 4.11. The first-order valence-electron chi connectivity index (χ1n) is 17.6. The Balaban J connectivity index is -0.000000336. The van der Waals surface area contributed by atoms with Crippen LogP contribution in [0, 0.1) is 0 Å². The van der Waals surface area contributed by atoms with Gasteiger partial charge in [-0.2, -0.15) is 0 Å². The predicted molar refractivity (Wildman–Crippen MR) is 218 cm³/mol. The minimum absolute atomic E-state index is 0.0891. The molecule has 52 heavy (non-hydrogen) atoms. The fourth-order valence-corrected chi connectivity index (χ4v) is 3.61. The lowest BCUT2D eigenvalue weighted by Gasteiger charge is -2.16. The lowest BCUT2D eigenvalue weighted by atomic mass is 10.1. The number of thiol groups is 1. The number of hydrogen-bond acceptors (Lipinski definition) is 11. The van der Waals surface area contributed by atoms with Crippen LogP contribution in [0.4, 0.5) is 0 Å². The molecule has 0 aliphatic carbocycles. The molecule has 1 aliphatic rings. The zero-order valence-electron chi connectivity index (χ0n) is 32.6.